The molecule has 3 amide bonds. The highest BCUT2D eigenvalue weighted by Crippen LogP contribution is 2.37. The van der Waals surface area contributed by atoms with Gasteiger partial charge in [0, 0.05) is 53.8 Å². The van der Waals surface area contributed by atoms with Crippen molar-refractivity contribution in [1.29, 1.82) is 0 Å². The molecule has 0 spiro atoms. The fourth-order valence-electron chi connectivity index (χ4n) is 5.90. The maximum Gasteiger partial charge on any atom is 0.254 e. The van der Waals surface area contributed by atoms with E-state index in [2.05, 4.69) is 30.4 Å². The van der Waals surface area contributed by atoms with E-state index in [-0.39, 0.29) is 25.3 Å². The van der Waals surface area contributed by atoms with Gasteiger partial charge in [-0.2, -0.15) is 4.98 Å². The monoisotopic (exact) mass is 578 g/mol. The van der Waals surface area contributed by atoms with Crippen LogP contribution in [-0.4, -0.2) is 76.5 Å². The van der Waals surface area contributed by atoms with Crippen LogP contribution < -0.4 is 5.32 Å². The highest BCUT2D eigenvalue weighted by molar-refractivity contribution is 6.05. The SMILES string of the molecule is O=C1CCC(N2C(=O)C3=C(C2O)N(Cc2nc(-c4cc(-c5cncnc5)cc(-c5ccccn5)c4)no2)CCC3)C(=O)N1. The van der Waals surface area contributed by atoms with Gasteiger partial charge in [0.25, 0.3) is 5.91 Å². The number of carbonyl (C=O) groups is 3. The Kier molecular flexibility index (Phi) is 6.70. The van der Waals surface area contributed by atoms with E-state index < -0.39 is 24.1 Å². The number of pyridine rings is 1. The van der Waals surface area contributed by atoms with Crippen LogP contribution in [0.3, 0.4) is 0 Å². The van der Waals surface area contributed by atoms with Gasteiger partial charge < -0.3 is 14.5 Å². The first-order valence-electron chi connectivity index (χ1n) is 13.9. The van der Waals surface area contributed by atoms with Crippen LogP contribution in [0.4, 0.5) is 0 Å². The lowest BCUT2D eigenvalue weighted by atomic mass is 9.99. The molecule has 13 heteroatoms. The van der Waals surface area contributed by atoms with Crippen molar-refractivity contribution >= 4 is 17.7 Å². The Morgan fingerprint density at radius 3 is 2.60 bits per heavy atom. The van der Waals surface area contributed by atoms with Gasteiger partial charge in [0.05, 0.1) is 17.9 Å². The van der Waals surface area contributed by atoms with Crippen LogP contribution >= 0.6 is 0 Å². The second-order valence-electron chi connectivity index (χ2n) is 10.6. The largest absolute Gasteiger partial charge is 0.368 e. The first-order chi connectivity index (χ1) is 21.0. The van der Waals surface area contributed by atoms with E-state index in [0.717, 1.165) is 22.4 Å². The summed E-state index contributed by atoms with van der Waals surface area (Å²) in [4.78, 5) is 57.9. The molecular weight excluding hydrogens is 552 g/mol. The number of aromatic nitrogens is 5. The van der Waals surface area contributed by atoms with Gasteiger partial charge in [-0.1, -0.05) is 11.2 Å². The molecule has 13 nitrogen and oxygen atoms in total. The summed E-state index contributed by atoms with van der Waals surface area (Å²) in [5.74, 6) is -0.688. The van der Waals surface area contributed by atoms with E-state index in [9.17, 15) is 19.5 Å². The summed E-state index contributed by atoms with van der Waals surface area (Å²) in [5.41, 5.74) is 4.91. The first-order valence-corrected chi connectivity index (χ1v) is 13.9. The topological polar surface area (TPSA) is 168 Å². The van der Waals surface area contributed by atoms with E-state index in [1.54, 1.807) is 18.6 Å². The molecule has 1 saturated heterocycles. The van der Waals surface area contributed by atoms with Crippen LogP contribution in [0.15, 0.2) is 77.1 Å². The average molecular weight is 579 g/mol. The third-order valence-electron chi connectivity index (χ3n) is 7.89. The molecule has 0 aliphatic carbocycles. The van der Waals surface area contributed by atoms with Crippen LogP contribution in [0, 0.1) is 0 Å². The summed E-state index contributed by atoms with van der Waals surface area (Å²) >= 11 is 0. The molecule has 6 heterocycles. The Bertz CT molecular complexity index is 1700. The second kappa shape index (κ2) is 10.8. The van der Waals surface area contributed by atoms with Crippen molar-refractivity contribution in [2.45, 2.75) is 44.5 Å². The molecular formula is C30H26N8O5. The number of aliphatic hydroxyl groups is 1. The van der Waals surface area contributed by atoms with Gasteiger partial charge >= 0.3 is 0 Å². The Morgan fingerprint density at radius 2 is 1.81 bits per heavy atom. The number of amides is 3. The maximum atomic E-state index is 13.3. The van der Waals surface area contributed by atoms with Crippen molar-refractivity contribution < 1.29 is 24.0 Å². The molecule has 43 heavy (non-hydrogen) atoms. The van der Waals surface area contributed by atoms with Crippen molar-refractivity contribution in [3.05, 3.63) is 78.5 Å². The molecule has 3 aliphatic rings. The van der Waals surface area contributed by atoms with Gasteiger partial charge in [-0.25, -0.2) is 9.97 Å². The number of nitrogens with zero attached hydrogens (tertiary/aromatic N) is 7. The van der Waals surface area contributed by atoms with Crippen molar-refractivity contribution in [1.82, 2.24) is 40.2 Å². The lowest BCUT2D eigenvalue weighted by Gasteiger charge is -2.35. The van der Waals surface area contributed by atoms with E-state index in [1.165, 1.54) is 11.2 Å². The molecule has 7 rings (SSSR count). The molecule has 0 radical (unpaired) electrons. The lowest BCUT2D eigenvalue weighted by molar-refractivity contribution is -0.149. The molecule has 1 fully saturated rings. The van der Waals surface area contributed by atoms with Gasteiger partial charge in [0.15, 0.2) is 6.23 Å². The average Bonchev–Trinajstić information content (AvgIpc) is 3.60. The predicted molar refractivity (Wildman–Crippen MR) is 150 cm³/mol. The standard InChI is InChI=1S/C30H26N8O5/c39-24-7-6-23(28(40)34-24)38-29(41)21-4-3-9-37(26(21)30(38)42)15-25-35-27(36-43-25)19-11-17(20-13-31-16-32-14-20)10-18(12-19)22-5-1-2-8-33-22/h1-2,5,8,10-14,16,23,30,42H,3-4,6-7,9,15H2,(H,34,39,40). The Morgan fingerprint density at radius 1 is 1.00 bits per heavy atom. The first kappa shape index (κ1) is 26.6. The number of hydrogen-bond acceptors (Lipinski definition) is 11. The Hall–Kier alpha value is -5.30. The zero-order valence-electron chi connectivity index (χ0n) is 22.9. The third kappa shape index (κ3) is 4.93. The number of benzene rings is 1. The lowest BCUT2D eigenvalue weighted by Crippen LogP contribution is -2.56. The second-order valence-corrected chi connectivity index (χ2v) is 10.6. The number of nitrogens with one attached hydrogen (secondary N) is 1. The van der Waals surface area contributed by atoms with Crippen molar-refractivity contribution in [3.63, 3.8) is 0 Å². The molecule has 2 N–H and O–H groups in total. The van der Waals surface area contributed by atoms with Crippen molar-refractivity contribution in [3.8, 4) is 33.8 Å². The summed E-state index contributed by atoms with van der Waals surface area (Å²) in [6, 6.07) is 10.6. The minimum Gasteiger partial charge on any atom is -0.368 e. The van der Waals surface area contributed by atoms with Gasteiger partial charge in [-0.05, 0) is 55.2 Å². The van der Waals surface area contributed by atoms with Crippen LogP contribution in [-0.2, 0) is 20.9 Å². The minimum absolute atomic E-state index is 0.104. The predicted octanol–water partition coefficient (Wildman–Crippen LogP) is 2.07. The van der Waals surface area contributed by atoms with Crippen LogP contribution in [0.5, 0.6) is 0 Å². The minimum atomic E-state index is -1.32. The molecule has 216 valence electrons. The smallest absolute Gasteiger partial charge is 0.254 e. The van der Waals surface area contributed by atoms with Crippen LogP contribution in [0.25, 0.3) is 33.8 Å². The number of piperidine rings is 1. The number of rotatable bonds is 6. The molecule has 3 aliphatic heterocycles. The zero-order valence-corrected chi connectivity index (χ0v) is 22.9. The van der Waals surface area contributed by atoms with E-state index in [1.807, 2.05) is 41.3 Å². The van der Waals surface area contributed by atoms with Crippen molar-refractivity contribution in [2.24, 2.45) is 0 Å². The van der Waals surface area contributed by atoms with Gasteiger partial charge in [-0.3, -0.25) is 29.6 Å². The zero-order chi connectivity index (χ0) is 29.5. The van der Waals surface area contributed by atoms with E-state index in [4.69, 9.17) is 4.52 Å². The number of hydrogen-bond donors (Lipinski definition) is 2. The van der Waals surface area contributed by atoms with Crippen LogP contribution in [0.1, 0.15) is 31.6 Å². The molecule has 2 unspecified atom stereocenters. The summed E-state index contributed by atoms with van der Waals surface area (Å²) in [6.45, 7) is 0.718. The number of aliphatic hydroxyl groups excluding tert-OH is 1. The fraction of sp³-hybridized carbons (Fsp3) is 0.267. The highest BCUT2D eigenvalue weighted by Gasteiger charge is 2.48. The third-order valence-corrected chi connectivity index (χ3v) is 7.89. The maximum absolute atomic E-state index is 13.3. The van der Waals surface area contributed by atoms with E-state index in [0.29, 0.717) is 47.9 Å². The normalized spacial score (nSPS) is 20.4. The fourth-order valence-corrected chi connectivity index (χ4v) is 5.90. The van der Waals surface area contributed by atoms with Crippen LogP contribution in [0.2, 0.25) is 0 Å². The summed E-state index contributed by atoms with van der Waals surface area (Å²) in [7, 11) is 0. The molecule has 2 atom stereocenters. The summed E-state index contributed by atoms with van der Waals surface area (Å²) in [6.07, 6.45) is 6.75. The van der Waals surface area contributed by atoms with Gasteiger partial charge in [0.1, 0.15) is 12.4 Å². The molecule has 4 aromatic rings. The van der Waals surface area contributed by atoms with Gasteiger partial charge in [0.2, 0.25) is 23.5 Å². The molecule has 1 aromatic carbocycles. The van der Waals surface area contributed by atoms with Crippen molar-refractivity contribution in [2.75, 3.05) is 6.54 Å². The summed E-state index contributed by atoms with van der Waals surface area (Å²) < 4.78 is 5.65. The molecule has 3 aromatic heterocycles. The Labute approximate surface area is 245 Å². The number of carbonyl (C=O) groups excluding carboxylic acids is 3. The Balaban J connectivity index is 1.17. The summed E-state index contributed by atoms with van der Waals surface area (Å²) in [5, 5.41) is 17.8. The number of imide groups is 1. The highest BCUT2D eigenvalue weighted by atomic mass is 16.5. The quantitative estimate of drug-likeness (QED) is 0.321. The molecule has 0 bridgehead atoms. The molecule has 0 saturated carbocycles. The van der Waals surface area contributed by atoms with Gasteiger partial charge in [-0.15, -0.1) is 0 Å². The van der Waals surface area contributed by atoms with E-state index >= 15 is 0 Å².